The molecule has 2 saturated carbocycles. The van der Waals surface area contributed by atoms with E-state index in [9.17, 15) is 0 Å². The zero-order valence-corrected chi connectivity index (χ0v) is 16.3. The lowest BCUT2D eigenvalue weighted by Crippen LogP contribution is -2.25. The van der Waals surface area contributed by atoms with E-state index in [2.05, 4.69) is 13.8 Å². The van der Waals surface area contributed by atoms with Crippen molar-refractivity contribution in [2.24, 2.45) is 23.7 Å². The molecule has 0 heterocycles. The second kappa shape index (κ2) is 11.5. The Morgan fingerprint density at radius 2 is 1.04 bits per heavy atom. The SMILES string of the molecule is CCCCCCCCCCC1CCC(C2CCC(C)CC2)CC1. The van der Waals surface area contributed by atoms with Gasteiger partial charge in [-0.3, -0.25) is 0 Å². The molecule has 0 unspecified atom stereocenters. The molecule has 23 heavy (non-hydrogen) atoms. The fourth-order valence-electron chi connectivity index (χ4n) is 5.27. The highest BCUT2D eigenvalue weighted by Gasteiger charge is 2.29. The zero-order chi connectivity index (χ0) is 16.3. The molecule has 0 aliphatic heterocycles. The van der Waals surface area contributed by atoms with Crippen molar-refractivity contribution >= 4 is 0 Å². The molecule has 0 saturated heterocycles. The first-order chi connectivity index (χ1) is 11.3. The van der Waals surface area contributed by atoms with Crippen LogP contribution in [0.1, 0.15) is 123 Å². The summed E-state index contributed by atoms with van der Waals surface area (Å²) < 4.78 is 0. The standard InChI is InChI=1S/C23H44/c1-3-4-5-6-7-8-9-10-11-21-14-18-23(19-15-21)22-16-12-20(2)13-17-22/h20-23H,3-19H2,1-2H3. The Balaban J connectivity index is 1.45. The van der Waals surface area contributed by atoms with Gasteiger partial charge in [0.2, 0.25) is 0 Å². The molecule has 2 fully saturated rings. The first-order valence-electron chi connectivity index (χ1n) is 11.3. The summed E-state index contributed by atoms with van der Waals surface area (Å²) in [5.41, 5.74) is 0. The lowest BCUT2D eigenvalue weighted by molar-refractivity contribution is 0.146. The summed E-state index contributed by atoms with van der Waals surface area (Å²) in [7, 11) is 0. The summed E-state index contributed by atoms with van der Waals surface area (Å²) in [5, 5.41) is 0. The van der Waals surface area contributed by atoms with Gasteiger partial charge in [-0.05, 0) is 49.4 Å². The number of hydrogen-bond donors (Lipinski definition) is 0. The lowest BCUT2D eigenvalue weighted by atomic mass is 9.69. The van der Waals surface area contributed by atoms with Crippen LogP contribution >= 0.6 is 0 Å². The molecule has 0 bridgehead atoms. The lowest BCUT2D eigenvalue weighted by Gasteiger charge is -2.37. The maximum Gasteiger partial charge on any atom is -0.0386 e. The predicted octanol–water partition coefficient (Wildman–Crippen LogP) is 8.15. The third-order valence-corrected chi connectivity index (χ3v) is 7.08. The third-order valence-electron chi connectivity index (χ3n) is 7.08. The monoisotopic (exact) mass is 320 g/mol. The first-order valence-corrected chi connectivity index (χ1v) is 11.3. The molecular weight excluding hydrogens is 276 g/mol. The molecule has 0 atom stereocenters. The minimum absolute atomic E-state index is 1.02. The van der Waals surface area contributed by atoms with Crippen molar-refractivity contribution in [2.75, 3.05) is 0 Å². The van der Waals surface area contributed by atoms with E-state index in [0.29, 0.717) is 0 Å². The van der Waals surface area contributed by atoms with E-state index in [1.165, 1.54) is 64.2 Å². The van der Waals surface area contributed by atoms with E-state index in [1.54, 1.807) is 44.9 Å². The topological polar surface area (TPSA) is 0 Å². The minimum Gasteiger partial charge on any atom is -0.0654 e. The molecule has 0 N–H and O–H groups in total. The van der Waals surface area contributed by atoms with Crippen molar-refractivity contribution in [3.8, 4) is 0 Å². The summed E-state index contributed by atoms with van der Waals surface area (Å²) in [6, 6.07) is 0. The van der Waals surface area contributed by atoms with E-state index in [4.69, 9.17) is 0 Å². The van der Waals surface area contributed by atoms with Crippen LogP contribution in [0, 0.1) is 23.7 Å². The second-order valence-electron chi connectivity index (χ2n) is 9.06. The molecule has 0 aromatic heterocycles. The molecule has 0 amide bonds. The largest absolute Gasteiger partial charge is 0.0654 e. The molecule has 2 rings (SSSR count). The van der Waals surface area contributed by atoms with Crippen molar-refractivity contribution in [2.45, 2.75) is 123 Å². The quantitative estimate of drug-likeness (QED) is 0.356. The molecule has 0 aromatic rings. The van der Waals surface area contributed by atoms with Gasteiger partial charge in [0.1, 0.15) is 0 Å². The van der Waals surface area contributed by atoms with Crippen LogP contribution in [0.25, 0.3) is 0 Å². The predicted molar refractivity (Wildman–Crippen MR) is 104 cm³/mol. The Hall–Kier alpha value is 0. The molecule has 136 valence electrons. The second-order valence-corrected chi connectivity index (χ2v) is 9.06. The highest BCUT2D eigenvalue weighted by Crippen LogP contribution is 2.42. The van der Waals surface area contributed by atoms with Gasteiger partial charge in [0.15, 0.2) is 0 Å². The van der Waals surface area contributed by atoms with Crippen LogP contribution in [0.3, 0.4) is 0 Å². The van der Waals surface area contributed by atoms with Crippen LogP contribution in [-0.4, -0.2) is 0 Å². The fourth-order valence-corrected chi connectivity index (χ4v) is 5.27. The first kappa shape index (κ1) is 19.3. The number of hydrogen-bond acceptors (Lipinski definition) is 0. The van der Waals surface area contributed by atoms with Crippen molar-refractivity contribution in [3.63, 3.8) is 0 Å². The normalized spacial score (nSPS) is 32.1. The van der Waals surface area contributed by atoms with Crippen LogP contribution in [0.4, 0.5) is 0 Å². The van der Waals surface area contributed by atoms with Gasteiger partial charge in [-0.25, -0.2) is 0 Å². The Bertz CT molecular complexity index is 266. The van der Waals surface area contributed by atoms with Gasteiger partial charge in [0.25, 0.3) is 0 Å². The Morgan fingerprint density at radius 1 is 0.565 bits per heavy atom. The summed E-state index contributed by atoms with van der Waals surface area (Å²) in [6.07, 6.45) is 25.7. The fraction of sp³-hybridized carbons (Fsp3) is 1.00. The van der Waals surface area contributed by atoms with E-state index >= 15 is 0 Å². The number of rotatable bonds is 10. The minimum atomic E-state index is 1.02. The Morgan fingerprint density at radius 3 is 1.61 bits per heavy atom. The molecule has 0 nitrogen and oxygen atoms in total. The molecule has 2 aliphatic rings. The average molecular weight is 321 g/mol. The number of unbranched alkanes of at least 4 members (excludes halogenated alkanes) is 7. The highest BCUT2D eigenvalue weighted by atomic mass is 14.3. The maximum atomic E-state index is 2.46. The highest BCUT2D eigenvalue weighted by molar-refractivity contribution is 4.81. The smallest absolute Gasteiger partial charge is 0.0386 e. The third kappa shape index (κ3) is 7.61. The van der Waals surface area contributed by atoms with Gasteiger partial charge in [0, 0.05) is 0 Å². The van der Waals surface area contributed by atoms with Gasteiger partial charge in [-0.1, -0.05) is 97.3 Å². The maximum absolute atomic E-state index is 2.46. The molecule has 2 aliphatic carbocycles. The van der Waals surface area contributed by atoms with Crippen LogP contribution in [-0.2, 0) is 0 Å². The zero-order valence-electron chi connectivity index (χ0n) is 16.3. The van der Waals surface area contributed by atoms with Crippen LogP contribution in [0.15, 0.2) is 0 Å². The van der Waals surface area contributed by atoms with Gasteiger partial charge < -0.3 is 0 Å². The van der Waals surface area contributed by atoms with Crippen LogP contribution in [0.2, 0.25) is 0 Å². The van der Waals surface area contributed by atoms with E-state index < -0.39 is 0 Å². The van der Waals surface area contributed by atoms with Crippen molar-refractivity contribution in [3.05, 3.63) is 0 Å². The average Bonchev–Trinajstić information content (AvgIpc) is 2.59. The van der Waals surface area contributed by atoms with Gasteiger partial charge in [-0.2, -0.15) is 0 Å². The Kier molecular flexibility index (Phi) is 9.69. The van der Waals surface area contributed by atoms with Gasteiger partial charge in [0.05, 0.1) is 0 Å². The van der Waals surface area contributed by atoms with E-state index in [-0.39, 0.29) is 0 Å². The summed E-state index contributed by atoms with van der Waals surface area (Å²) in [5.74, 6) is 4.33. The molecule has 0 heteroatoms. The Labute approximate surface area is 147 Å². The van der Waals surface area contributed by atoms with E-state index in [0.717, 1.165) is 23.7 Å². The van der Waals surface area contributed by atoms with Crippen LogP contribution in [0.5, 0.6) is 0 Å². The molecule has 0 radical (unpaired) electrons. The summed E-state index contributed by atoms with van der Waals surface area (Å²) in [6.45, 7) is 4.76. The molecule has 0 aromatic carbocycles. The summed E-state index contributed by atoms with van der Waals surface area (Å²) in [4.78, 5) is 0. The van der Waals surface area contributed by atoms with Crippen LogP contribution < -0.4 is 0 Å². The van der Waals surface area contributed by atoms with Crippen molar-refractivity contribution in [1.29, 1.82) is 0 Å². The molecule has 0 spiro atoms. The molecular formula is C23H44. The van der Waals surface area contributed by atoms with E-state index in [1.807, 2.05) is 0 Å². The van der Waals surface area contributed by atoms with Gasteiger partial charge >= 0.3 is 0 Å². The van der Waals surface area contributed by atoms with Crippen molar-refractivity contribution in [1.82, 2.24) is 0 Å². The van der Waals surface area contributed by atoms with Gasteiger partial charge in [-0.15, -0.1) is 0 Å². The van der Waals surface area contributed by atoms with Crippen molar-refractivity contribution < 1.29 is 0 Å². The summed E-state index contributed by atoms with van der Waals surface area (Å²) >= 11 is 0.